The molecule has 20 heavy (non-hydrogen) atoms. The second-order valence-electron chi connectivity index (χ2n) is 4.98. The Morgan fingerprint density at radius 3 is 2.80 bits per heavy atom. The summed E-state index contributed by atoms with van der Waals surface area (Å²) in [5.74, 6) is 0.101. The zero-order valence-corrected chi connectivity index (χ0v) is 13.1. The van der Waals surface area contributed by atoms with Crippen LogP contribution in [0, 0.1) is 5.41 Å². The molecule has 1 aliphatic heterocycles. The largest absolute Gasteiger partial charge is 0.395 e. The van der Waals surface area contributed by atoms with Crippen LogP contribution in [0.15, 0.2) is 22.7 Å². The van der Waals surface area contributed by atoms with Gasteiger partial charge in [-0.2, -0.15) is 0 Å². The number of β-amino-alcohol motifs (C(OH)–C–C–N with tert-alkyl or cyclic N) is 1. The number of amidine groups is 1. The Balaban J connectivity index is 2.18. The Kier molecular flexibility index (Phi) is 5.39. The number of benzene rings is 1. The number of hydrogen-bond donors (Lipinski definition) is 3. The van der Waals surface area contributed by atoms with Gasteiger partial charge in [0, 0.05) is 41.9 Å². The van der Waals surface area contributed by atoms with Crippen molar-refractivity contribution in [2.24, 2.45) is 5.73 Å². The molecular weight excluding hydrogens is 320 g/mol. The fourth-order valence-corrected chi connectivity index (χ4v) is 2.92. The van der Waals surface area contributed by atoms with Gasteiger partial charge in [0.2, 0.25) is 0 Å². The van der Waals surface area contributed by atoms with Crippen molar-refractivity contribution in [3.8, 4) is 0 Å². The molecule has 0 bridgehead atoms. The van der Waals surface area contributed by atoms with Crippen LogP contribution < -0.4 is 10.6 Å². The third-order valence-corrected chi connectivity index (χ3v) is 4.09. The van der Waals surface area contributed by atoms with Crippen LogP contribution in [0.5, 0.6) is 0 Å². The fourth-order valence-electron chi connectivity index (χ4n) is 2.57. The maximum Gasteiger partial charge on any atom is 0.124 e. The van der Waals surface area contributed by atoms with Gasteiger partial charge in [-0.25, -0.2) is 0 Å². The molecule has 1 fully saturated rings. The molecule has 0 aromatic heterocycles. The Bertz CT molecular complexity index is 480. The summed E-state index contributed by atoms with van der Waals surface area (Å²) in [5, 5.41) is 16.8. The number of nitrogens with one attached hydrogen (secondary N) is 1. The molecule has 1 aromatic carbocycles. The Labute approximate surface area is 128 Å². The number of hydrogen-bond acceptors (Lipinski definition) is 4. The summed E-state index contributed by atoms with van der Waals surface area (Å²) in [7, 11) is 0. The van der Waals surface area contributed by atoms with Crippen molar-refractivity contribution in [1.82, 2.24) is 4.90 Å². The number of rotatable bonds is 4. The van der Waals surface area contributed by atoms with Gasteiger partial charge < -0.3 is 15.7 Å². The Morgan fingerprint density at radius 2 is 2.10 bits per heavy atom. The van der Waals surface area contributed by atoms with Crippen molar-refractivity contribution in [1.29, 1.82) is 5.41 Å². The van der Waals surface area contributed by atoms with Gasteiger partial charge in [0.25, 0.3) is 0 Å². The van der Waals surface area contributed by atoms with E-state index in [0.717, 1.165) is 54.9 Å². The van der Waals surface area contributed by atoms with Crippen LogP contribution >= 0.6 is 15.9 Å². The molecule has 0 spiro atoms. The van der Waals surface area contributed by atoms with E-state index < -0.39 is 0 Å². The van der Waals surface area contributed by atoms with Gasteiger partial charge in [-0.05, 0) is 31.2 Å². The van der Waals surface area contributed by atoms with Gasteiger partial charge in [-0.1, -0.05) is 15.9 Å². The van der Waals surface area contributed by atoms with Gasteiger partial charge in [-0.15, -0.1) is 0 Å². The smallest absolute Gasteiger partial charge is 0.124 e. The first kappa shape index (κ1) is 15.3. The van der Waals surface area contributed by atoms with E-state index in [0.29, 0.717) is 0 Å². The molecule has 1 aromatic rings. The van der Waals surface area contributed by atoms with Crippen LogP contribution in [0.3, 0.4) is 0 Å². The standard InChI is InChI=1S/C14H21BrN4O/c15-11-2-3-12(14(16)17)13(10-11)19-5-1-4-18(6-7-19)8-9-20/h2-3,10,20H,1,4-9H2,(H3,16,17). The first-order chi connectivity index (χ1) is 9.61. The lowest BCUT2D eigenvalue weighted by Gasteiger charge is -2.26. The summed E-state index contributed by atoms with van der Waals surface area (Å²) in [4.78, 5) is 4.55. The normalized spacial score (nSPS) is 17.0. The van der Waals surface area contributed by atoms with E-state index in [1.165, 1.54) is 0 Å². The van der Waals surface area contributed by atoms with Crippen LogP contribution in [0.2, 0.25) is 0 Å². The number of aliphatic hydroxyl groups excluding tert-OH is 1. The van der Waals surface area contributed by atoms with Gasteiger partial charge in [0.1, 0.15) is 5.84 Å². The van der Waals surface area contributed by atoms with Crippen molar-refractivity contribution in [3.05, 3.63) is 28.2 Å². The second kappa shape index (κ2) is 7.06. The highest BCUT2D eigenvalue weighted by Crippen LogP contribution is 2.26. The molecule has 1 saturated heterocycles. The topological polar surface area (TPSA) is 76.6 Å². The van der Waals surface area contributed by atoms with Gasteiger partial charge >= 0.3 is 0 Å². The molecule has 110 valence electrons. The third-order valence-electron chi connectivity index (χ3n) is 3.60. The van der Waals surface area contributed by atoms with Gasteiger partial charge in [0.05, 0.1) is 6.61 Å². The van der Waals surface area contributed by atoms with Crippen LogP contribution in [0.25, 0.3) is 0 Å². The number of aliphatic hydroxyl groups is 1. The monoisotopic (exact) mass is 340 g/mol. The van der Waals surface area contributed by atoms with Gasteiger partial charge in [0.15, 0.2) is 0 Å². The minimum absolute atomic E-state index is 0.101. The van der Waals surface area contributed by atoms with Crippen LogP contribution in [-0.2, 0) is 0 Å². The van der Waals surface area contributed by atoms with Crippen molar-refractivity contribution >= 4 is 27.5 Å². The van der Waals surface area contributed by atoms with E-state index >= 15 is 0 Å². The molecule has 0 radical (unpaired) electrons. The maximum atomic E-state index is 9.04. The summed E-state index contributed by atoms with van der Waals surface area (Å²) in [5.41, 5.74) is 7.48. The zero-order valence-electron chi connectivity index (χ0n) is 11.5. The van der Waals surface area contributed by atoms with Crippen molar-refractivity contribution in [3.63, 3.8) is 0 Å². The number of halogens is 1. The lowest BCUT2D eigenvalue weighted by molar-refractivity contribution is 0.204. The predicted molar refractivity (Wildman–Crippen MR) is 85.5 cm³/mol. The maximum absolute atomic E-state index is 9.04. The molecule has 1 heterocycles. The average molecular weight is 341 g/mol. The molecule has 2 rings (SSSR count). The van der Waals surface area contributed by atoms with Crippen LogP contribution in [-0.4, -0.2) is 55.2 Å². The number of nitrogen functional groups attached to an aromatic ring is 1. The Morgan fingerprint density at radius 1 is 1.30 bits per heavy atom. The molecule has 6 heteroatoms. The summed E-state index contributed by atoms with van der Waals surface area (Å²) >= 11 is 3.49. The van der Waals surface area contributed by atoms with Crippen molar-refractivity contribution < 1.29 is 5.11 Å². The fraction of sp³-hybridized carbons (Fsp3) is 0.500. The average Bonchev–Trinajstić information content (AvgIpc) is 2.64. The van der Waals surface area contributed by atoms with E-state index in [9.17, 15) is 0 Å². The lowest BCUT2D eigenvalue weighted by Crippen LogP contribution is -2.33. The summed E-state index contributed by atoms with van der Waals surface area (Å²) in [6.07, 6.45) is 1.05. The highest BCUT2D eigenvalue weighted by molar-refractivity contribution is 9.10. The minimum atomic E-state index is 0.101. The SMILES string of the molecule is N=C(N)c1ccc(Br)cc1N1CCCN(CCO)CC1. The van der Waals surface area contributed by atoms with Crippen LogP contribution in [0.1, 0.15) is 12.0 Å². The highest BCUT2D eigenvalue weighted by atomic mass is 79.9. The number of anilines is 1. The van der Waals surface area contributed by atoms with E-state index in [4.69, 9.17) is 16.2 Å². The van der Waals surface area contributed by atoms with E-state index in [1.54, 1.807) is 0 Å². The molecule has 5 nitrogen and oxygen atoms in total. The molecule has 0 unspecified atom stereocenters. The van der Waals surface area contributed by atoms with Crippen molar-refractivity contribution in [2.45, 2.75) is 6.42 Å². The third kappa shape index (κ3) is 3.71. The predicted octanol–water partition coefficient (Wildman–Crippen LogP) is 1.24. The van der Waals surface area contributed by atoms with E-state index in [1.807, 2.05) is 18.2 Å². The molecule has 0 atom stereocenters. The highest BCUT2D eigenvalue weighted by Gasteiger charge is 2.18. The molecule has 4 N–H and O–H groups in total. The number of nitrogens with two attached hydrogens (primary N) is 1. The molecule has 0 aliphatic carbocycles. The van der Waals surface area contributed by atoms with E-state index in [2.05, 4.69) is 25.7 Å². The second-order valence-corrected chi connectivity index (χ2v) is 5.90. The zero-order chi connectivity index (χ0) is 14.5. The summed E-state index contributed by atoms with van der Waals surface area (Å²) in [6, 6.07) is 5.83. The number of nitrogens with zero attached hydrogens (tertiary/aromatic N) is 2. The van der Waals surface area contributed by atoms with Crippen LogP contribution in [0.4, 0.5) is 5.69 Å². The molecule has 1 aliphatic rings. The first-order valence-electron chi connectivity index (χ1n) is 6.84. The Hall–Kier alpha value is -1.11. The van der Waals surface area contributed by atoms with Crippen molar-refractivity contribution in [2.75, 3.05) is 44.2 Å². The first-order valence-corrected chi connectivity index (χ1v) is 7.63. The van der Waals surface area contributed by atoms with Gasteiger partial charge in [-0.3, -0.25) is 10.3 Å². The summed E-state index contributed by atoms with van der Waals surface area (Å²) < 4.78 is 0.994. The quantitative estimate of drug-likeness (QED) is 0.569. The summed E-state index contributed by atoms with van der Waals surface area (Å²) in [6.45, 7) is 4.68. The minimum Gasteiger partial charge on any atom is -0.395 e. The molecule has 0 saturated carbocycles. The lowest BCUT2D eigenvalue weighted by atomic mass is 10.1. The van der Waals surface area contributed by atoms with E-state index in [-0.39, 0.29) is 12.4 Å². The molecular formula is C14H21BrN4O. The molecule has 0 amide bonds.